The van der Waals surface area contributed by atoms with Gasteiger partial charge in [0.2, 0.25) is 0 Å². The maximum Gasteiger partial charge on any atom is 0.134 e. The lowest BCUT2D eigenvalue weighted by Crippen LogP contribution is -1.97. The van der Waals surface area contributed by atoms with Crippen LogP contribution in [0.25, 0.3) is 0 Å². The highest BCUT2D eigenvalue weighted by molar-refractivity contribution is 5.29. The number of nitrogens with zero attached hydrogens (tertiary/aromatic N) is 1. The predicted molar refractivity (Wildman–Crippen MR) is 57.9 cm³/mol. The lowest BCUT2D eigenvalue weighted by atomic mass is 10.1. The van der Waals surface area contributed by atoms with E-state index in [-0.39, 0.29) is 0 Å². The van der Waals surface area contributed by atoms with Crippen LogP contribution in [0.2, 0.25) is 0 Å². The van der Waals surface area contributed by atoms with Gasteiger partial charge in [-0.15, -0.1) is 0 Å². The molecule has 0 aliphatic rings. The molecule has 0 fully saturated rings. The molecule has 0 unspecified atom stereocenters. The second kappa shape index (κ2) is 4.81. The molecule has 0 saturated carbocycles. The predicted octanol–water partition coefficient (Wildman–Crippen LogP) is 2.31. The van der Waals surface area contributed by atoms with Crippen molar-refractivity contribution in [2.24, 2.45) is 0 Å². The third-order valence-corrected chi connectivity index (χ3v) is 2.22. The molecule has 1 aromatic heterocycles. The molecule has 1 atom stereocenters. The first-order valence-electron chi connectivity index (χ1n) is 5.06. The van der Waals surface area contributed by atoms with Gasteiger partial charge in [0.05, 0.1) is 6.10 Å². The monoisotopic (exact) mass is 219 g/mol. The standard InChI is InChI=1S/C12H13NO3/c1-9(14)10-3-2-4-12(7-10)15-8-11-5-6-16-13-11/h2-7,9,14H,8H2,1H3/t9-/m0/s1. The fourth-order valence-corrected chi connectivity index (χ4v) is 1.33. The smallest absolute Gasteiger partial charge is 0.134 e. The first-order valence-corrected chi connectivity index (χ1v) is 5.06. The molecule has 2 rings (SSSR count). The van der Waals surface area contributed by atoms with Gasteiger partial charge < -0.3 is 14.4 Å². The highest BCUT2D eigenvalue weighted by atomic mass is 16.5. The van der Waals surface area contributed by atoms with Gasteiger partial charge in [-0.25, -0.2) is 0 Å². The van der Waals surface area contributed by atoms with E-state index >= 15 is 0 Å². The Morgan fingerprint density at radius 3 is 3.00 bits per heavy atom. The number of aromatic nitrogens is 1. The molecule has 0 aliphatic heterocycles. The minimum atomic E-state index is -0.490. The quantitative estimate of drug-likeness (QED) is 0.857. The lowest BCUT2D eigenvalue weighted by molar-refractivity contribution is 0.198. The first-order chi connectivity index (χ1) is 7.75. The average molecular weight is 219 g/mol. The van der Waals surface area contributed by atoms with Crippen LogP contribution in [0, 0.1) is 0 Å². The van der Waals surface area contributed by atoms with E-state index in [2.05, 4.69) is 5.16 Å². The van der Waals surface area contributed by atoms with Crippen molar-refractivity contribution >= 4 is 0 Å². The lowest BCUT2D eigenvalue weighted by Gasteiger charge is -2.08. The van der Waals surface area contributed by atoms with E-state index in [0.29, 0.717) is 12.4 Å². The third kappa shape index (κ3) is 2.61. The molecule has 0 amide bonds. The molecule has 0 saturated heterocycles. The van der Waals surface area contributed by atoms with Gasteiger partial charge in [0.25, 0.3) is 0 Å². The summed E-state index contributed by atoms with van der Waals surface area (Å²) in [6, 6.07) is 9.10. The Morgan fingerprint density at radius 1 is 1.44 bits per heavy atom. The zero-order valence-corrected chi connectivity index (χ0v) is 8.96. The van der Waals surface area contributed by atoms with Crippen LogP contribution in [0.3, 0.4) is 0 Å². The molecule has 0 spiro atoms. The summed E-state index contributed by atoms with van der Waals surface area (Å²) in [5.74, 6) is 0.710. The van der Waals surface area contributed by atoms with Crippen LogP contribution < -0.4 is 4.74 Å². The molecule has 4 nitrogen and oxygen atoms in total. The number of rotatable bonds is 4. The molecule has 2 aromatic rings. The van der Waals surface area contributed by atoms with Crippen LogP contribution in [0.1, 0.15) is 24.3 Å². The van der Waals surface area contributed by atoms with E-state index < -0.39 is 6.10 Å². The van der Waals surface area contributed by atoms with Crippen LogP contribution in [0.15, 0.2) is 41.1 Å². The second-order valence-electron chi connectivity index (χ2n) is 3.53. The Morgan fingerprint density at radius 2 is 2.31 bits per heavy atom. The van der Waals surface area contributed by atoms with E-state index in [0.717, 1.165) is 11.3 Å². The maximum absolute atomic E-state index is 9.42. The van der Waals surface area contributed by atoms with Crippen molar-refractivity contribution in [3.63, 3.8) is 0 Å². The van der Waals surface area contributed by atoms with Crippen LogP contribution in [0.5, 0.6) is 5.75 Å². The zero-order chi connectivity index (χ0) is 11.4. The maximum atomic E-state index is 9.42. The van der Waals surface area contributed by atoms with Crippen molar-refractivity contribution in [3.05, 3.63) is 47.9 Å². The molecular weight excluding hydrogens is 206 g/mol. The van der Waals surface area contributed by atoms with Crippen molar-refractivity contribution < 1.29 is 14.4 Å². The Hall–Kier alpha value is -1.81. The molecular formula is C12H13NO3. The molecule has 84 valence electrons. The van der Waals surface area contributed by atoms with Gasteiger partial charge >= 0.3 is 0 Å². The molecule has 0 radical (unpaired) electrons. The number of hydrogen-bond donors (Lipinski definition) is 1. The molecule has 1 N–H and O–H groups in total. The fraction of sp³-hybridized carbons (Fsp3) is 0.250. The minimum Gasteiger partial charge on any atom is -0.487 e. The van der Waals surface area contributed by atoms with Crippen molar-refractivity contribution in [1.29, 1.82) is 0 Å². The molecule has 16 heavy (non-hydrogen) atoms. The van der Waals surface area contributed by atoms with Crippen LogP contribution in [0.4, 0.5) is 0 Å². The van der Waals surface area contributed by atoms with Gasteiger partial charge in [-0.05, 0) is 24.6 Å². The van der Waals surface area contributed by atoms with Crippen LogP contribution in [-0.2, 0) is 6.61 Å². The van der Waals surface area contributed by atoms with E-state index in [1.807, 2.05) is 24.3 Å². The Labute approximate surface area is 93.5 Å². The normalized spacial score (nSPS) is 12.4. The van der Waals surface area contributed by atoms with Crippen LogP contribution >= 0.6 is 0 Å². The van der Waals surface area contributed by atoms with Gasteiger partial charge in [0.15, 0.2) is 0 Å². The molecule has 1 aromatic carbocycles. The van der Waals surface area contributed by atoms with Crippen molar-refractivity contribution in [2.75, 3.05) is 0 Å². The van der Waals surface area contributed by atoms with Gasteiger partial charge in [0.1, 0.15) is 24.3 Å². The summed E-state index contributed by atoms with van der Waals surface area (Å²) >= 11 is 0. The summed E-state index contributed by atoms with van der Waals surface area (Å²) in [5, 5.41) is 13.2. The Bertz CT molecular complexity index is 437. The van der Waals surface area contributed by atoms with E-state index in [4.69, 9.17) is 9.26 Å². The van der Waals surface area contributed by atoms with Crippen molar-refractivity contribution in [1.82, 2.24) is 5.16 Å². The summed E-state index contributed by atoms with van der Waals surface area (Å²) in [4.78, 5) is 0. The highest BCUT2D eigenvalue weighted by Gasteiger charge is 2.03. The number of aliphatic hydroxyl groups is 1. The van der Waals surface area contributed by atoms with E-state index in [1.54, 1.807) is 13.0 Å². The van der Waals surface area contributed by atoms with Gasteiger partial charge in [0, 0.05) is 6.07 Å². The SMILES string of the molecule is C[C@H](O)c1cccc(OCc2ccon2)c1. The third-order valence-electron chi connectivity index (χ3n) is 2.22. The average Bonchev–Trinajstić information content (AvgIpc) is 2.79. The number of benzene rings is 1. The van der Waals surface area contributed by atoms with Crippen LogP contribution in [-0.4, -0.2) is 10.3 Å². The van der Waals surface area contributed by atoms with Gasteiger partial charge in [-0.3, -0.25) is 0 Å². The topological polar surface area (TPSA) is 55.5 Å². The number of aliphatic hydroxyl groups excluding tert-OH is 1. The highest BCUT2D eigenvalue weighted by Crippen LogP contribution is 2.19. The fourth-order valence-electron chi connectivity index (χ4n) is 1.33. The number of hydrogen-bond acceptors (Lipinski definition) is 4. The summed E-state index contributed by atoms with van der Waals surface area (Å²) in [6.45, 7) is 2.08. The second-order valence-corrected chi connectivity index (χ2v) is 3.53. The molecule has 0 bridgehead atoms. The molecule has 4 heteroatoms. The van der Waals surface area contributed by atoms with Crippen molar-refractivity contribution in [3.8, 4) is 5.75 Å². The Balaban J connectivity index is 2.01. The summed E-state index contributed by atoms with van der Waals surface area (Å²) in [5.41, 5.74) is 1.57. The van der Waals surface area contributed by atoms with Gasteiger partial charge in [-0.1, -0.05) is 17.3 Å². The molecule has 1 heterocycles. The summed E-state index contributed by atoms with van der Waals surface area (Å²) in [7, 11) is 0. The van der Waals surface area contributed by atoms with E-state index in [1.165, 1.54) is 6.26 Å². The van der Waals surface area contributed by atoms with E-state index in [9.17, 15) is 5.11 Å². The summed E-state index contributed by atoms with van der Waals surface area (Å²) in [6.07, 6.45) is 1.01. The van der Waals surface area contributed by atoms with Gasteiger partial charge in [-0.2, -0.15) is 0 Å². The Kier molecular flexibility index (Phi) is 3.22. The van der Waals surface area contributed by atoms with Crippen molar-refractivity contribution in [2.45, 2.75) is 19.6 Å². The minimum absolute atomic E-state index is 0.361. The summed E-state index contributed by atoms with van der Waals surface area (Å²) < 4.78 is 10.2. The molecule has 0 aliphatic carbocycles. The number of ether oxygens (including phenoxy) is 1. The first kappa shape index (κ1) is 10.7. The zero-order valence-electron chi connectivity index (χ0n) is 8.96. The largest absolute Gasteiger partial charge is 0.487 e.